The molecule has 0 spiro atoms. The highest BCUT2D eigenvalue weighted by atomic mass is 19.2. The quantitative estimate of drug-likeness (QED) is 0.0250. The fourth-order valence-electron chi connectivity index (χ4n) is 17.5. The van der Waals surface area contributed by atoms with Crippen LogP contribution in [0.1, 0.15) is 212 Å². The third kappa shape index (κ3) is 27.5. The Morgan fingerprint density at radius 1 is 0.218 bits per heavy atom. The molecule has 0 N–H and O–H groups in total. The lowest BCUT2D eigenvalue weighted by atomic mass is 9.90. The topological polar surface area (TPSA) is 73.8 Å². The molecule has 8 nitrogen and oxygen atoms in total. The van der Waals surface area contributed by atoms with Crippen molar-refractivity contribution in [3.63, 3.8) is 0 Å². The predicted octanol–water partition coefficient (Wildman–Crippen LogP) is 32.9. The molecule has 12 aromatic carbocycles. The van der Waals surface area contributed by atoms with Crippen molar-refractivity contribution in [1.29, 1.82) is 0 Å². The van der Waals surface area contributed by atoms with Gasteiger partial charge in [0.15, 0.2) is 139 Å². The highest BCUT2D eigenvalue weighted by Gasteiger charge is 2.32. The van der Waals surface area contributed by atoms with E-state index in [1.807, 2.05) is 0 Å². The van der Waals surface area contributed by atoms with Gasteiger partial charge in [-0.25, -0.2) is 105 Å². The van der Waals surface area contributed by atoms with Crippen molar-refractivity contribution in [3.05, 3.63) is 354 Å². The second-order valence-corrected chi connectivity index (χ2v) is 35.6. The van der Waals surface area contributed by atoms with Crippen molar-refractivity contribution >= 4 is 0 Å². The third-order valence-corrected chi connectivity index (χ3v) is 25.3. The standard InChI is InChI=1S/C29H28F6O2.C28H26F6O2.C27H24F6O2.C26H22F6O2/c1-2-3-4-5-17-6-9-27(36-15-17)19-7-8-21(22(30)12-19)20-13-25(33)29(26(34)14-20)37-16-18-10-23(31)28(35)24(32)11-18;1-2-3-4-16-5-8-26(35-14-16)18-6-7-20(21(29)11-18)19-12-24(32)28(25(33)13-19)36-15-17-9-22(30)27(34)23(31)10-17;1-2-3-15-4-7-25(34-13-15)17-5-6-19(20(28)10-17)18-11-23(31)27(24(32)12-18)35-14-16-8-21(29)26(33)22(30)9-16;1-2-14-3-6-24(33-12-14)16-4-5-18(19(27)9-16)17-10-22(30)26(23(31)11-17)34-13-15-7-20(28)25(32)21(29)8-15/h7-8,10-14,17,27H,2-6,9,15-16H2,1H3;6-7,9-13,16,26H,2-5,8,14-15H2,1H3;5-6,8-12,15,25H,2-4,7,13-14H2,1H3;4-5,7-11,14,24H,2-3,6,12-13H2,1H3. The summed E-state index contributed by atoms with van der Waals surface area (Å²) in [4.78, 5) is 0. The van der Waals surface area contributed by atoms with Crippen molar-refractivity contribution in [2.75, 3.05) is 26.4 Å². The Morgan fingerprint density at radius 2 is 0.437 bits per heavy atom. The maximum Gasteiger partial charge on any atom is 0.194 e. The SMILES string of the molecule is CCC1CCC(c2ccc(-c3cc(F)c(OCc4cc(F)c(F)c(F)c4)c(F)c3)c(F)c2)OC1.CCCC1CCC(c2ccc(-c3cc(F)c(OCc4cc(F)c(F)c(F)c4)c(F)c3)c(F)c2)OC1.CCCCC1CCC(c2ccc(-c3cc(F)c(OCc4cc(F)c(F)c(F)c4)c(F)c3)c(F)c2)OC1.CCCCCC1CCC(c2ccc(-c3cc(F)c(OCc4cc(F)c(F)c(F)c4)c(F)c3)c(F)c2)OC1. The minimum absolute atomic E-state index is 0.000413. The zero-order chi connectivity index (χ0) is 102. The Kier molecular flexibility index (Phi) is 37.6. The molecular formula is C110H100F24O8. The molecule has 756 valence electrons. The summed E-state index contributed by atoms with van der Waals surface area (Å²) in [5.74, 6) is -30.9. The fraction of sp³-hybridized carbons (Fsp3) is 0.345. The van der Waals surface area contributed by atoms with E-state index in [9.17, 15) is 105 Å². The average Bonchev–Trinajstić information content (AvgIpc) is 0.802. The first-order chi connectivity index (χ1) is 68.0. The fourth-order valence-corrected chi connectivity index (χ4v) is 17.5. The normalized spacial score (nSPS) is 17.9. The molecule has 4 saturated heterocycles. The molecule has 4 aliphatic heterocycles. The second kappa shape index (κ2) is 49.8. The van der Waals surface area contributed by atoms with Crippen LogP contribution in [0.5, 0.6) is 23.0 Å². The number of rotatable bonds is 30. The molecule has 0 aromatic heterocycles. The van der Waals surface area contributed by atoms with E-state index in [2.05, 4.69) is 27.7 Å². The molecule has 0 aliphatic carbocycles. The molecule has 0 saturated carbocycles. The van der Waals surface area contributed by atoms with Gasteiger partial charge in [0, 0.05) is 22.3 Å². The van der Waals surface area contributed by atoms with E-state index in [1.165, 1.54) is 67.8 Å². The first kappa shape index (κ1) is 107. The van der Waals surface area contributed by atoms with E-state index < -0.39 is 189 Å². The van der Waals surface area contributed by atoms with Crippen molar-refractivity contribution in [3.8, 4) is 67.5 Å². The molecule has 4 aliphatic rings. The first-order valence-corrected chi connectivity index (χ1v) is 46.7. The number of hydrogen-bond acceptors (Lipinski definition) is 8. The lowest BCUT2D eigenvalue weighted by Gasteiger charge is -2.29. The zero-order valence-electron chi connectivity index (χ0n) is 77.5. The molecule has 8 unspecified atom stereocenters. The highest BCUT2D eigenvalue weighted by molar-refractivity contribution is 5.69. The van der Waals surface area contributed by atoms with Gasteiger partial charge in [-0.05, 0) is 282 Å². The molecule has 8 atom stereocenters. The molecular weight excluding hydrogens is 1910 g/mol. The van der Waals surface area contributed by atoms with Crippen molar-refractivity contribution in [1.82, 2.24) is 0 Å². The summed E-state index contributed by atoms with van der Waals surface area (Å²) in [6.45, 7) is 8.60. The Labute approximate surface area is 805 Å². The van der Waals surface area contributed by atoms with E-state index in [-0.39, 0.29) is 91.2 Å². The molecule has 32 heteroatoms. The van der Waals surface area contributed by atoms with Crippen LogP contribution in [0.15, 0.2) is 170 Å². The number of halogens is 24. The van der Waals surface area contributed by atoms with Gasteiger partial charge in [0.05, 0.1) is 50.8 Å². The van der Waals surface area contributed by atoms with Crippen LogP contribution in [0.4, 0.5) is 105 Å². The summed E-state index contributed by atoms with van der Waals surface area (Å²) < 4.78 is 379. The lowest BCUT2D eigenvalue weighted by Crippen LogP contribution is -2.20. The summed E-state index contributed by atoms with van der Waals surface area (Å²) in [5, 5.41) is 0. The van der Waals surface area contributed by atoms with E-state index in [0.717, 1.165) is 145 Å². The van der Waals surface area contributed by atoms with Crippen LogP contribution in [0.2, 0.25) is 0 Å². The van der Waals surface area contributed by atoms with Gasteiger partial charge in [-0.15, -0.1) is 0 Å². The van der Waals surface area contributed by atoms with Gasteiger partial charge < -0.3 is 37.9 Å². The molecule has 0 bridgehead atoms. The van der Waals surface area contributed by atoms with E-state index in [0.29, 0.717) is 121 Å². The number of hydrogen-bond donors (Lipinski definition) is 0. The summed E-state index contributed by atoms with van der Waals surface area (Å²) >= 11 is 0. The Morgan fingerprint density at radius 3 is 0.634 bits per heavy atom. The van der Waals surface area contributed by atoms with Gasteiger partial charge in [0.25, 0.3) is 0 Å². The largest absolute Gasteiger partial charge is 0.483 e. The Bertz CT molecular complexity index is 6180. The van der Waals surface area contributed by atoms with E-state index in [1.54, 1.807) is 24.3 Å². The van der Waals surface area contributed by atoms with Gasteiger partial charge in [0.2, 0.25) is 0 Å². The van der Waals surface area contributed by atoms with Crippen LogP contribution in [-0.4, -0.2) is 26.4 Å². The first-order valence-electron chi connectivity index (χ1n) is 46.7. The summed E-state index contributed by atoms with van der Waals surface area (Å²) in [5.41, 5.74) is 1.90. The second-order valence-electron chi connectivity index (χ2n) is 35.6. The minimum Gasteiger partial charge on any atom is -0.483 e. The third-order valence-electron chi connectivity index (χ3n) is 25.3. The van der Waals surface area contributed by atoms with Crippen molar-refractivity contribution < 1.29 is 143 Å². The highest BCUT2D eigenvalue weighted by Crippen LogP contribution is 2.44. The predicted molar refractivity (Wildman–Crippen MR) is 484 cm³/mol. The van der Waals surface area contributed by atoms with Crippen molar-refractivity contribution in [2.45, 2.75) is 194 Å². The Hall–Kier alpha value is -12.0. The molecule has 0 amide bonds. The average molecular weight is 2010 g/mol. The maximum absolute atomic E-state index is 15.0. The minimum atomic E-state index is -1.65. The van der Waals surface area contributed by atoms with Crippen molar-refractivity contribution in [2.24, 2.45) is 23.7 Å². The molecule has 4 heterocycles. The van der Waals surface area contributed by atoms with Gasteiger partial charge >= 0.3 is 0 Å². The van der Waals surface area contributed by atoms with Gasteiger partial charge in [-0.3, -0.25) is 0 Å². The van der Waals surface area contributed by atoms with Gasteiger partial charge in [-0.2, -0.15) is 0 Å². The lowest BCUT2D eigenvalue weighted by molar-refractivity contribution is -0.0200. The van der Waals surface area contributed by atoms with Crippen LogP contribution >= 0.6 is 0 Å². The van der Waals surface area contributed by atoms with E-state index >= 15 is 0 Å². The summed E-state index contributed by atoms with van der Waals surface area (Å²) in [6, 6.07) is 30.5. The zero-order valence-corrected chi connectivity index (χ0v) is 77.5. The summed E-state index contributed by atoms with van der Waals surface area (Å²) in [6.07, 6.45) is 17.5. The smallest absolute Gasteiger partial charge is 0.194 e. The summed E-state index contributed by atoms with van der Waals surface area (Å²) in [7, 11) is 0. The number of ether oxygens (including phenoxy) is 8. The number of unbranched alkanes of at least 4 members (excludes halogenated alkanes) is 3. The Balaban J connectivity index is 0.000000159. The van der Waals surface area contributed by atoms with Crippen LogP contribution in [-0.2, 0) is 45.4 Å². The van der Waals surface area contributed by atoms with Crippen LogP contribution in [0.25, 0.3) is 44.5 Å². The molecule has 142 heavy (non-hydrogen) atoms. The van der Waals surface area contributed by atoms with Crippen LogP contribution in [0.3, 0.4) is 0 Å². The van der Waals surface area contributed by atoms with Crippen LogP contribution in [0, 0.1) is 163 Å². The number of benzene rings is 12. The molecule has 4 fully saturated rings. The van der Waals surface area contributed by atoms with Gasteiger partial charge in [-0.1, -0.05) is 121 Å². The van der Waals surface area contributed by atoms with Crippen LogP contribution < -0.4 is 18.9 Å². The van der Waals surface area contributed by atoms with Gasteiger partial charge in [0.1, 0.15) is 49.7 Å². The van der Waals surface area contributed by atoms with E-state index in [4.69, 9.17) is 37.9 Å². The molecule has 0 radical (unpaired) electrons. The molecule has 16 rings (SSSR count). The molecule has 12 aromatic rings. The monoisotopic (exact) mass is 2000 g/mol. The maximum atomic E-state index is 15.0.